The average molecular weight is 354 g/mol. The van der Waals surface area contributed by atoms with Crippen molar-refractivity contribution < 1.29 is 9.53 Å². The first kappa shape index (κ1) is 18.2. The normalized spacial score (nSPS) is 17.2. The number of aromatic nitrogens is 2. The van der Waals surface area contributed by atoms with Crippen LogP contribution >= 0.6 is 0 Å². The quantitative estimate of drug-likeness (QED) is 0.886. The molecule has 2 aromatic rings. The van der Waals surface area contributed by atoms with Gasteiger partial charge in [0.25, 0.3) is 5.91 Å². The highest BCUT2D eigenvalue weighted by atomic mass is 16.5. The van der Waals surface area contributed by atoms with Crippen LogP contribution in [0.3, 0.4) is 0 Å². The first-order chi connectivity index (χ1) is 12.5. The number of amides is 1. The minimum absolute atomic E-state index is 0.119. The largest absolute Gasteiger partial charge is 0.491 e. The van der Waals surface area contributed by atoms with Crippen LogP contribution in [0, 0.1) is 5.92 Å². The zero-order valence-corrected chi connectivity index (χ0v) is 15.6. The van der Waals surface area contributed by atoms with Crippen LogP contribution in [-0.2, 0) is 0 Å². The highest BCUT2D eigenvalue weighted by Gasteiger charge is 2.19. The molecule has 0 radical (unpaired) electrons. The fraction of sp³-hybridized carbons (Fsp3) is 0.450. The van der Waals surface area contributed by atoms with E-state index < -0.39 is 0 Å². The molecule has 1 unspecified atom stereocenters. The Kier molecular flexibility index (Phi) is 5.71. The van der Waals surface area contributed by atoms with E-state index in [0.29, 0.717) is 23.1 Å². The Bertz CT molecular complexity index is 728. The summed E-state index contributed by atoms with van der Waals surface area (Å²) in [5.74, 6) is 1.91. The van der Waals surface area contributed by atoms with Crippen molar-refractivity contribution in [2.24, 2.45) is 5.92 Å². The number of hydrogen-bond donors (Lipinski definition) is 1. The predicted octanol–water partition coefficient (Wildman–Crippen LogP) is 3.75. The average Bonchev–Trinajstić information content (AvgIpc) is 2.63. The second-order valence-corrected chi connectivity index (χ2v) is 7.11. The van der Waals surface area contributed by atoms with Gasteiger partial charge in [0.15, 0.2) is 0 Å². The van der Waals surface area contributed by atoms with Crippen LogP contribution in [0.1, 0.15) is 44.0 Å². The van der Waals surface area contributed by atoms with Crippen molar-refractivity contribution in [1.29, 1.82) is 0 Å². The van der Waals surface area contributed by atoms with E-state index in [1.54, 1.807) is 12.4 Å². The molecule has 1 atom stereocenters. The van der Waals surface area contributed by atoms with Crippen LogP contribution in [0.4, 0.5) is 11.6 Å². The standard InChI is InChI=1S/C20H26N4O2/c1-14(2)26-18-8-6-17(7-9-18)23-19(25)16-11-21-20(22-12-16)24-10-4-5-15(3)13-24/h6-9,11-12,14-15H,4-5,10,13H2,1-3H3,(H,23,25). The highest BCUT2D eigenvalue weighted by molar-refractivity contribution is 6.03. The van der Waals surface area contributed by atoms with Gasteiger partial charge in [0.2, 0.25) is 5.95 Å². The molecule has 3 rings (SSSR count). The van der Waals surface area contributed by atoms with E-state index in [4.69, 9.17) is 4.74 Å². The van der Waals surface area contributed by atoms with E-state index in [1.165, 1.54) is 6.42 Å². The van der Waals surface area contributed by atoms with Crippen LogP contribution < -0.4 is 15.0 Å². The molecule has 26 heavy (non-hydrogen) atoms. The fourth-order valence-corrected chi connectivity index (χ4v) is 3.07. The number of ether oxygens (including phenoxy) is 1. The zero-order chi connectivity index (χ0) is 18.5. The van der Waals surface area contributed by atoms with Crippen LogP contribution in [0.5, 0.6) is 5.75 Å². The molecule has 1 saturated heterocycles. The summed E-state index contributed by atoms with van der Waals surface area (Å²) in [4.78, 5) is 23.3. The molecule has 2 heterocycles. The summed E-state index contributed by atoms with van der Waals surface area (Å²) in [5, 5.41) is 2.86. The molecule has 0 spiro atoms. The monoisotopic (exact) mass is 354 g/mol. The number of benzene rings is 1. The molecule has 0 aliphatic carbocycles. The summed E-state index contributed by atoms with van der Waals surface area (Å²) in [6.07, 6.45) is 5.70. The fourth-order valence-electron chi connectivity index (χ4n) is 3.07. The predicted molar refractivity (Wildman–Crippen MR) is 103 cm³/mol. The first-order valence-electron chi connectivity index (χ1n) is 9.16. The third kappa shape index (κ3) is 4.71. The molecule has 1 aromatic carbocycles. The Hall–Kier alpha value is -2.63. The molecule has 1 amide bonds. The third-order valence-electron chi connectivity index (χ3n) is 4.32. The number of nitrogens with one attached hydrogen (secondary N) is 1. The first-order valence-corrected chi connectivity index (χ1v) is 9.16. The van der Waals surface area contributed by atoms with Gasteiger partial charge in [-0.1, -0.05) is 6.92 Å². The lowest BCUT2D eigenvalue weighted by atomic mass is 10.0. The number of hydrogen-bond acceptors (Lipinski definition) is 5. The van der Waals surface area contributed by atoms with Gasteiger partial charge in [0.05, 0.1) is 11.7 Å². The van der Waals surface area contributed by atoms with Gasteiger partial charge < -0.3 is 15.0 Å². The molecule has 138 valence electrons. The minimum Gasteiger partial charge on any atom is -0.491 e. The van der Waals surface area contributed by atoms with E-state index in [0.717, 1.165) is 25.3 Å². The molecular weight excluding hydrogens is 328 g/mol. The highest BCUT2D eigenvalue weighted by Crippen LogP contribution is 2.20. The molecule has 1 aromatic heterocycles. The van der Waals surface area contributed by atoms with Crippen molar-refractivity contribution in [3.63, 3.8) is 0 Å². The summed E-state index contributed by atoms with van der Waals surface area (Å²) in [5.41, 5.74) is 1.15. The van der Waals surface area contributed by atoms with Crippen molar-refractivity contribution in [3.8, 4) is 5.75 Å². The third-order valence-corrected chi connectivity index (χ3v) is 4.32. The van der Waals surface area contributed by atoms with Crippen molar-refractivity contribution >= 4 is 17.5 Å². The molecule has 0 saturated carbocycles. The molecular formula is C20H26N4O2. The van der Waals surface area contributed by atoms with Gasteiger partial charge in [-0.15, -0.1) is 0 Å². The second kappa shape index (κ2) is 8.17. The lowest BCUT2D eigenvalue weighted by Gasteiger charge is -2.30. The van der Waals surface area contributed by atoms with Gasteiger partial charge in [-0.3, -0.25) is 4.79 Å². The van der Waals surface area contributed by atoms with Gasteiger partial charge in [0, 0.05) is 31.2 Å². The van der Waals surface area contributed by atoms with Crippen LogP contribution in [0.25, 0.3) is 0 Å². The molecule has 1 aliphatic heterocycles. The molecule has 1 N–H and O–H groups in total. The smallest absolute Gasteiger partial charge is 0.258 e. The number of anilines is 2. The van der Waals surface area contributed by atoms with Crippen molar-refractivity contribution in [3.05, 3.63) is 42.2 Å². The summed E-state index contributed by atoms with van der Waals surface area (Å²) in [6, 6.07) is 7.32. The minimum atomic E-state index is -0.221. The van der Waals surface area contributed by atoms with Gasteiger partial charge in [-0.2, -0.15) is 0 Å². The van der Waals surface area contributed by atoms with E-state index in [2.05, 4.69) is 27.1 Å². The number of carbonyl (C=O) groups is 1. The lowest BCUT2D eigenvalue weighted by molar-refractivity contribution is 0.102. The van der Waals surface area contributed by atoms with E-state index in [-0.39, 0.29) is 12.0 Å². The second-order valence-electron chi connectivity index (χ2n) is 7.11. The van der Waals surface area contributed by atoms with E-state index in [1.807, 2.05) is 38.1 Å². The van der Waals surface area contributed by atoms with Gasteiger partial charge in [-0.05, 0) is 56.9 Å². The Morgan fingerprint density at radius 1 is 1.23 bits per heavy atom. The molecule has 6 heteroatoms. The number of piperidine rings is 1. The topological polar surface area (TPSA) is 67.4 Å². The molecule has 1 aliphatic rings. The molecule has 0 bridgehead atoms. The maximum absolute atomic E-state index is 12.4. The van der Waals surface area contributed by atoms with Crippen LogP contribution in [-0.4, -0.2) is 35.1 Å². The Morgan fingerprint density at radius 2 is 1.92 bits per heavy atom. The van der Waals surface area contributed by atoms with Crippen molar-refractivity contribution in [2.45, 2.75) is 39.7 Å². The van der Waals surface area contributed by atoms with Gasteiger partial charge in [0.1, 0.15) is 5.75 Å². The van der Waals surface area contributed by atoms with Crippen LogP contribution in [0.15, 0.2) is 36.7 Å². The molecule has 6 nitrogen and oxygen atoms in total. The van der Waals surface area contributed by atoms with Crippen molar-refractivity contribution in [2.75, 3.05) is 23.3 Å². The Morgan fingerprint density at radius 3 is 2.54 bits per heavy atom. The zero-order valence-electron chi connectivity index (χ0n) is 15.6. The Balaban J connectivity index is 1.61. The van der Waals surface area contributed by atoms with Gasteiger partial charge in [-0.25, -0.2) is 9.97 Å². The number of carbonyl (C=O) groups excluding carboxylic acids is 1. The number of rotatable bonds is 5. The summed E-state index contributed by atoms with van der Waals surface area (Å²) >= 11 is 0. The summed E-state index contributed by atoms with van der Waals surface area (Å²) < 4.78 is 5.60. The number of nitrogens with zero attached hydrogens (tertiary/aromatic N) is 3. The molecule has 1 fully saturated rings. The lowest BCUT2D eigenvalue weighted by Crippen LogP contribution is -2.35. The van der Waals surface area contributed by atoms with Gasteiger partial charge >= 0.3 is 0 Å². The Labute approximate surface area is 154 Å². The summed E-state index contributed by atoms with van der Waals surface area (Å²) in [7, 11) is 0. The van der Waals surface area contributed by atoms with Crippen LogP contribution in [0.2, 0.25) is 0 Å². The maximum atomic E-state index is 12.4. The van der Waals surface area contributed by atoms with E-state index >= 15 is 0 Å². The van der Waals surface area contributed by atoms with Crippen molar-refractivity contribution in [1.82, 2.24) is 9.97 Å². The SMILES string of the molecule is CC1CCCN(c2ncc(C(=O)Nc3ccc(OC(C)C)cc3)cn2)C1. The summed E-state index contributed by atoms with van der Waals surface area (Å²) in [6.45, 7) is 8.14. The maximum Gasteiger partial charge on any atom is 0.258 e. The van der Waals surface area contributed by atoms with E-state index in [9.17, 15) is 4.79 Å².